The van der Waals surface area contributed by atoms with Crippen molar-refractivity contribution in [3.8, 4) is 0 Å². The van der Waals surface area contributed by atoms with Gasteiger partial charge in [0.05, 0.1) is 6.42 Å². The zero-order valence-corrected chi connectivity index (χ0v) is 11.1. The fourth-order valence-electron chi connectivity index (χ4n) is 1.52. The molecule has 0 aliphatic rings. The number of benzene rings is 1. The first kappa shape index (κ1) is 12.6. The minimum Gasteiger partial charge on any atom is -0.294 e. The van der Waals surface area contributed by atoms with Gasteiger partial charge in [-0.1, -0.05) is 28.1 Å². The standard InChI is InChI=1S/C14H10BrNO2/c15-12-3-1-10(2-4-12)13(17)9-14(18)11-5-7-16-8-6-11/h1-8H,9H2. The van der Waals surface area contributed by atoms with Crippen molar-refractivity contribution in [2.75, 3.05) is 0 Å². The predicted molar refractivity (Wildman–Crippen MR) is 71.7 cm³/mol. The van der Waals surface area contributed by atoms with E-state index in [4.69, 9.17) is 0 Å². The number of aromatic nitrogens is 1. The van der Waals surface area contributed by atoms with Crippen molar-refractivity contribution in [1.29, 1.82) is 0 Å². The Labute approximate surface area is 113 Å². The van der Waals surface area contributed by atoms with Crippen LogP contribution in [0.25, 0.3) is 0 Å². The smallest absolute Gasteiger partial charge is 0.170 e. The van der Waals surface area contributed by atoms with E-state index in [1.807, 2.05) is 0 Å². The third-order valence-electron chi connectivity index (χ3n) is 2.49. The van der Waals surface area contributed by atoms with Gasteiger partial charge >= 0.3 is 0 Å². The highest BCUT2D eigenvalue weighted by molar-refractivity contribution is 9.10. The summed E-state index contributed by atoms with van der Waals surface area (Å²) in [5, 5.41) is 0. The minimum absolute atomic E-state index is 0.119. The van der Waals surface area contributed by atoms with E-state index in [-0.39, 0.29) is 18.0 Å². The minimum atomic E-state index is -0.190. The Morgan fingerprint density at radius 3 is 1.94 bits per heavy atom. The van der Waals surface area contributed by atoms with Crippen LogP contribution >= 0.6 is 15.9 Å². The molecular weight excluding hydrogens is 294 g/mol. The Balaban J connectivity index is 2.08. The quantitative estimate of drug-likeness (QED) is 0.643. The van der Waals surface area contributed by atoms with Crippen LogP contribution < -0.4 is 0 Å². The second-order valence-corrected chi connectivity index (χ2v) is 4.68. The normalized spacial score (nSPS) is 10.1. The summed E-state index contributed by atoms with van der Waals surface area (Å²) in [6.07, 6.45) is 2.96. The lowest BCUT2D eigenvalue weighted by molar-refractivity contribution is 0.0894. The van der Waals surface area contributed by atoms with Crippen LogP contribution in [-0.2, 0) is 0 Å². The van der Waals surface area contributed by atoms with Crippen molar-refractivity contribution in [2.45, 2.75) is 6.42 Å². The fraction of sp³-hybridized carbons (Fsp3) is 0.0714. The number of ketones is 2. The summed E-state index contributed by atoms with van der Waals surface area (Å²) in [6, 6.07) is 10.2. The molecule has 18 heavy (non-hydrogen) atoms. The van der Waals surface area contributed by atoms with Gasteiger partial charge < -0.3 is 0 Å². The van der Waals surface area contributed by atoms with E-state index in [0.29, 0.717) is 11.1 Å². The van der Waals surface area contributed by atoms with E-state index in [1.54, 1.807) is 36.4 Å². The molecule has 0 amide bonds. The Hall–Kier alpha value is -1.81. The summed E-state index contributed by atoms with van der Waals surface area (Å²) >= 11 is 3.30. The van der Waals surface area contributed by atoms with Crippen LogP contribution in [0.4, 0.5) is 0 Å². The molecule has 2 rings (SSSR count). The van der Waals surface area contributed by atoms with Crippen molar-refractivity contribution in [1.82, 2.24) is 4.98 Å². The molecule has 0 aliphatic carbocycles. The summed E-state index contributed by atoms with van der Waals surface area (Å²) in [6.45, 7) is 0. The molecule has 90 valence electrons. The summed E-state index contributed by atoms with van der Waals surface area (Å²) in [5.74, 6) is -0.366. The zero-order valence-electron chi connectivity index (χ0n) is 9.47. The molecule has 0 spiro atoms. The average molecular weight is 304 g/mol. The van der Waals surface area contributed by atoms with Gasteiger partial charge in [-0.05, 0) is 24.3 Å². The van der Waals surface area contributed by atoms with Gasteiger partial charge in [0.15, 0.2) is 11.6 Å². The van der Waals surface area contributed by atoms with Crippen molar-refractivity contribution in [3.05, 3.63) is 64.4 Å². The molecule has 0 radical (unpaired) electrons. The SMILES string of the molecule is O=C(CC(=O)c1ccc(Br)cc1)c1ccncc1. The van der Waals surface area contributed by atoms with Gasteiger partial charge in [0.25, 0.3) is 0 Å². The van der Waals surface area contributed by atoms with E-state index >= 15 is 0 Å². The number of pyridine rings is 1. The first-order valence-electron chi connectivity index (χ1n) is 5.39. The van der Waals surface area contributed by atoms with Gasteiger partial charge in [-0.15, -0.1) is 0 Å². The molecule has 1 aromatic carbocycles. The van der Waals surface area contributed by atoms with Gasteiger partial charge in [0.1, 0.15) is 0 Å². The second kappa shape index (κ2) is 5.69. The molecule has 1 aromatic heterocycles. The molecule has 0 atom stereocenters. The summed E-state index contributed by atoms with van der Waals surface area (Å²) in [4.78, 5) is 27.6. The second-order valence-electron chi connectivity index (χ2n) is 3.77. The number of Topliss-reactive ketones (excluding diaryl/α,β-unsaturated/α-hetero) is 2. The number of nitrogens with zero attached hydrogens (tertiary/aromatic N) is 1. The third kappa shape index (κ3) is 3.11. The van der Waals surface area contributed by atoms with E-state index in [2.05, 4.69) is 20.9 Å². The maximum Gasteiger partial charge on any atom is 0.170 e. The van der Waals surface area contributed by atoms with Crippen molar-refractivity contribution < 1.29 is 9.59 Å². The highest BCUT2D eigenvalue weighted by Crippen LogP contribution is 2.13. The Bertz CT molecular complexity index is 564. The number of carbonyl (C=O) groups excluding carboxylic acids is 2. The summed E-state index contributed by atoms with van der Waals surface area (Å²) in [7, 11) is 0. The first-order chi connectivity index (χ1) is 8.66. The lowest BCUT2D eigenvalue weighted by Gasteiger charge is -2.01. The van der Waals surface area contributed by atoms with Crippen molar-refractivity contribution in [2.24, 2.45) is 0 Å². The number of carbonyl (C=O) groups is 2. The van der Waals surface area contributed by atoms with E-state index in [0.717, 1.165) is 4.47 Å². The molecule has 0 aliphatic heterocycles. The van der Waals surface area contributed by atoms with Crippen LogP contribution in [0.1, 0.15) is 27.1 Å². The Kier molecular flexibility index (Phi) is 3.99. The predicted octanol–water partition coefficient (Wildman–Crippen LogP) is 3.30. The number of hydrogen-bond donors (Lipinski definition) is 0. The van der Waals surface area contributed by atoms with Gasteiger partial charge in [-0.3, -0.25) is 14.6 Å². The van der Waals surface area contributed by atoms with Crippen LogP contribution in [0.5, 0.6) is 0 Å². The molecule has 0 unspecified atom stereocenters. The molecule has 0 N–H and O–H groups in total. The average Bonchev–Trinajstić information content (AvgIpc) is 2.40. The topological polar surface area (TPSA) is 47.0 Å². The lowest BCUT2D eigenvalue weighted by atomic mass is 10.0. The van der Waals surface area contributed by atoms with Crippen molar-refractivity contribution in [3.63, 3.8) is 0 Å². The first-order valence-corrected chi connectivity index (χ1v) is 6.18. The van der Waals surface area contributed by atoms with Crippen LogP contribution in [0.3, 0.4) is 0 Å². The highest BCUT2D eigenvalue weighted by atomic mass is 79.9. The zero-order chi connectivity index (χ0) is 13.0. The van der Waals surface area contributed by atoms with Gasteiger partial charge in [-0.2, -0.15) is 0 Å². The number of rotatable bonds is 4. The summed E-state index contributed by atoms with van der Waals surface area (Å²) < 4.78 is 0.902. The molecule has 2 aromatic rings. The third-order valence-corrected chi connectivity index (χ3v) is 3.02. The molecule has 0 saturated heterocycles. The van der Waals surface area contributed by atoms with Crippen LogP contribution in [0, 0.1) is 0 Å². The fourth-order valence-corrected chi connectivity index (χ4v) is 1.79. The van der Waals surface area contributed by atoms with Crippen LogP contribution in [0.2, 0.25) is 0 Å². The molecule has 4 heteroatoms. The highest BCUT2D eigenvalue weighted by Gasteiger charge is 2.13. The molecule has 0 fully saturated rings. The van der Waals surface area contributed by atoms with E-state index in [9.17, 15) is 9.59 Å². The Morgan fingerprint density at radius 2 is 1.39 bits per heavy atom. The largest absolute Gasteiger partial charge is 0.294 e. The monoisotopic (exact) mass is 303 g/mol. The maximum absolute atomic E-state index is 11.9. The summed E-state index contributed by atoms with van der Waals surface area (Å²) in [5.41, 5.74) is 1.05. The molecule has 3 nitrogen and oxygen atoms in total. The molecule has 1 heterocycles. The number of hydrogen-bond acceptors (Lipinski definition) is 3. The van der Waals surface area contributed by atoms with Gasteiger partial charge in [0, 0.05) is 28.0 Å². The molecule has 0 saturated carbocycles. The van der Waals surface area contributed by atoms with Crippen LogP contribution in [-0.4, -0.2) is 16.6 Å². The Morgan fingerprint density at radius 1 is 0.889 bits per heavy atom. The van der Waals surface area contributed by atoms with E-state index in [1.165, 1.54) is 12.4 Å². The number of halogens is 1. The van der Waals surface area contributed by atoms with Crippen LogP contribution in [0.15, 0.2) is 53.3 Å². The van der Waals surface area contributed by atoms with Gasteiger partial charge in [0.2, 0.25) is 0 Å². The lowest BCUT2D eigenvalue weighted by Crippen LogP contribution is -2.08. The molecule has 0 bridgehead atoms. The van der Waals surface area contributed by atoms with Crippen molar-refractivity contribution >= 4 is 27.5 Å². The molecular formula is C14H10BrNO2. The van der Waals surface area contributed by atoms with Gasteiger partial charge in [-0.25, -0.2) is 0 Å². The maximum atomic E-state index is 11.9. The van der Waals surface area contributed by atoms with E-state index < -0.39 is 0 Å².